The summed E-state index contributed by atoms with van der Waals surface area (Å²) in [6, 6.07) is 23.1. The summed E-state index contributed by atoms with van der Waals surface area (Å²) >= 11 is 0. The molecular formula is C25H28Si. The van der Waals surface area contributed by atoms with Gasteiger partial charge in [-0.3, -0.25) is 0 Å². The number of fused-ring (bicyclic) bond motifs is 4. The van der Waals surface area contributed by atoms with Gasteiger partial charge in [-0.05, 0) is 69.3 Å². The standard InChI is InChI=1S/C25H28Si/c1-17-16-23-20-10-6-4-8-18(20)12-14-22(23)25(17)26(2,3)24-15-13-19-9-5-7-11-21(19)24/h4-12,14,17,24-25H,13,15-16H2,1-3H3. The Kier molecular flexibility index (Phi) is 3.65. The van der Waals surface area contributed by atoms with E-state index in [0.717, 1.165) is 17.0 Å². The fraction of sp³-hybridized carbons (Fsp3) is 0.360. The van der Waals surface area contributed by atoms with Gasteiger partial charge in [0, 0.05) is 0 Å². The molecule has 1 heteroatoms. The van der Waals surface area contributed by atoms with Crippen molar-refractivity contribution in [3.05, 3.63) is 82.9 Å². The summed E-state index contributed by atoms with van der Waals surface area (Å²) < 4.78 is 0. The Hall–Kier alpha value is -1.86. The van der Waals surface area contributed by atoms with Gasteiger partial charge in [-0.2, -0.15) is 0 Å². The third-order valence-electron chi connectivity index (χ3n) is 7.34. The smallest absolute Gasteiger partial charge is 0.0631 e. The lowest BCUT2D eigenvalue weighted by Crippen LogP contribution is -2.43. The highest BCUT2D eigenvalue weighted by Crippen LogP contribution is 2.52. The van der Waals surface area contributed by atoms with E-state index in [-0.39, 0.29) is 0 Å². The predicted molar refractivity (Wildman–Crippen MR) is 115 cm³/mol. The maximum absolute atomic E-state index is 2.67. The monoisotopic (exact) mass is 356 g/mol. The van der Waals surface area contributed by atoms with Crippen molar-refractivity contribution < 1.29 is 0 Å². The van der Waals surface area contributed by atoms with Crippen molar-refractivity contribution in [3.63, 3.8) is 0 Å². The first kappa shape index (κ1) is 16.3. The minimum absolute atomic E-state index is 0.769. The molecule has 0 fully saturated rings. The number of hydrogen-bond acceptors (Lipinski definition) is 0. The quantitative estimate of drug-likeness (QED) is 0.452. The van der Waals surface area contributed by atoms with E-state index in [9.17, 15) is 0 Å². The molecule has 0 saturated carbocycles. The molecule has 0 nitrogen and oxygen atoms in total. The van der Waals surface area contributed by atoms with Crippen molar-refractivity contribution in [2.75, 3.05) is 0 Å². The Bertz CT molecular complexity index is 984. The molecule has 0 aliphatic heterocycles. The van der Waals surface area contributed by atoms with Gasteiger partial charge in [0.1, 0.15) is 0 Å². The molecule has 0 amide bonds. The predicted octanol–water partition coefficient (Wildman–Crippen LogP) is 6.63. The molecule has 0 spiro atoms. The zero-order valence-electron chi connectivity index (χ0n) is 16.1. The largest absolute Gasteiger partial charge is 0.0684 e. The summed E-state index contributed by atoms with van der Waals surface area (Å²) in [6.07, 6.45) is 3.90. The lowest BCUT2D eigenvalue weighted by atomic mass is 10.0. The Balaban J connectivity index is 1.62. The number of aryl methyl sites for hydroxylation is 1. The zero-order chi connectivity index (χ0) is 17.9. The molecule has 132 valence electrons. The van der Waals surface area contributed by atoms with Gasteiger partial charge < -0.3 is 0 Å². The zero-order valence-corrected chi connectivity index (χ0v) is 17.1. The molecular weight excluding hydrogens is 328 g/mol. The third kappa shape index (κ3) is 2.26. The molecule has 3 atom stereocenters. The highest BCUT2D eigenvalue weighted by atomic mass is 28.3. The van der Waals surface area contributed by atoms with Crippen molar-refractivity contribution in [1.29, 1.82) is 0 Å². The van der Waals surface area contributed by atoms with Crippen LogP contribution in [0.25, 0.3) is 10.8 Å². The first-order valence-corrected chi connectivity index (χ1v) is 13.3. The summed E-state index contributed by atoms with van der Waals surface area (Å²) in [4.78, 5) is 0. The average molecular weight is 357 g/mol. The Morgan fingerprint density at radius 1 is 0.846 bits per heavy atom. The van der Waals surface area contributed by atoms with Crippen molar-refractivity contribution in [1.82, 2.24) is 0 Å². The molecule has 2 aliphatic carbocycles. The summed E-state index contributed by atoms with van der Waals surface area (Å²) in [5, 5.41) is 2.90. The van der Waals surface area contributed by atoms with Crippen LogP contribution >= 0.6 is 0 Å². The second kappa shape index (κ2) is 5.82. The van der Waals surface area contributed by atoms with E-state index in [2.05, 4.69) is 80.7 Å². The second-order valence-electron chi connectivity index (χ2n) is 9.12. The van der Waals surface area contributed by atoms with Gasteiger partial charge in [0.15, 0.2) is 0 Å². The van der Waals surface area contributed by atoms with E-state index in [1.165, 1.54) is 30.0 Å². The topological polar surface area (TPSA) is 0 Å². The van der Waals surface area contributed by atoms with Crippen LogP contribution in [0.1, 0.15) is 46.7 Å². The van der Waals surface area contributed by atoms with Gasteiger partial charge in [0.05, 0.1) is 8.07 Å². The minimum Gasteiger partial charge on any atom is -0.0684 e. The van der Waals surface area contributed by atoms with Crippen LogP contribution in [0.5, 0.6) is 0 Å². The molecule has 0 aromatic heterocycles. The van der Waals surface area contributed by atoms with Crippen LogP contribution in [0.3, 0.4) is 0 Å². The van der Waals surface area contributed by atoms with Crippen LogP contribution in [-0.4, -0.2) is 8.07 Å². The summed E-state index contributed by atoms with van der Waals surface area (Å²) in [5.74, 6) is 0.769. The van der Waals surface area contributed by atoms with Crippen LogP contribution < -0.4 is 0 Å². The molecule has 5 rings (SSSR count). The molecule has 26 heavy (non-hydrogen) atoms. The van der Waals surface area contributed by atoms with Gasteiger partial charge in [-0.15, -0.1) is 0 Å². The van der Waals surface area contributed by atoms with E-state index in [1.54, 1.807) is 22.3 Å². The highest BCUT2D eigenvalue weighted by molar-refractivity contribution is 6.80. The average Bonchev–Trinajstić information content (AvgIpc) is 3.22. The highest BCUT2D eigenvalue weighted by Gasteiger charge is 2.48. The normalized spacial score (nSPS) is 24.7. The fourth-order valence-corrected chi connectivity index (χ4v) is 11.4. The second-order valence-corrected chi connectivity index (χ2v) is 14.1. The van der Waals surface area contributed by atoms with Gasteiger partial charge in [-0.25, -0.2) is 0 Å². The Morgan fingerprint density at radius 2 is 1.62 bits per heavy atom. The lowest BCUT2D eigenvalue weighted by Gasteiger charge is -2.39. The van der Waals surface area contributed by atoms with Crippen molar-refractivity contribution in [2.24, 2.45) is 5.92 Å². The van der Waals surface area contributed by atoms with Crippen LogP contribution in [-0.2, 0) is 12.8 Å². The lowest BCUT2D eigenvalue weighted by molar-refractivity contribution is 0.581. The van der Waals surface area contributed by atoms with E-state index in [1.807, 2.05) is 0 Å². The molecule has 0 heterocycles. The molecule has 3 aromatic carbocycles. The van der Waals surface area contributed by atoms with Crippen LogP contribution in [0.4, 0.5) is 0 Å². The molecule has 0 radical (unpaired) electrons. The molecule has 0 bridgehead atoms. The molecule has 0 N–H and O–H groups in total. The van der Waals surface area contributed by atoms with Gasteiger partial charge in [-0.1, -0.05) is 80.7 Å². The van der Waals surface area contributed by atoms with Crippen LogP contribution in [0.2, 0.25) is 13.1 Å². The molecule has 0 saturated heterocycles. The third-order valence-corrected chi connectivity index (χ3v) is 12.2. The van der Waals surface area contributed by atoms with Crippen molar-refractivity contribution >= 4 is 18.8 Å². The van der Waals surface area contributed by atoms with Crippen LogP contribution in [0, 0.1) is 5.92 Å². The summed E-state index contributed by atoms with van der Waals surface area (Å²) in [6.45, 7) is 7.85. The molecule has 3 unspecified atom stereocenters. The maximum atomic E-state index is 2.67. The summed E-state index contributed by atoms with van der Waals surface area (Å²) in [5.41, 5.74) is 8.19. The van der Waals surface area contributed by atoms with E-state index >= 15 is 0 Å². The number of rotatable bonds is 2. The molecule has 2 aliphatic rings. The molecule has 3 aromatic rings. The van der Waals surface area contributed by atoms with Crippen LogP contribution in [0.15, 0.2) is 60.7 Å². The van der Waals surface area contributed by atoms with Gasteiger partial charge in [0.25, 0.3) is 0 Å². The first-order chi connectivity index (χ1) is 12.6. The SMILES string of the molecule is CC1Cc2c(ccc3ccccc23)C1[Si](C)(C)C1CCc2ccccc21. The number of hydrogen-bond donors (Lipinski definition) is 0. The maximum Gasteiger partial charge on any atom is 0.0631 e. The Labute approximate surface area is 158 Å². The van der Waals surface area contributed by atoms with E-state index in [4.69, 9.17) is 0 Å². The van der Waals surface area contributed by atoms with Gasteiger partial charge in [0.2, 0.25) is 0 Å². The van der Waals surface area contributed by atoms with Crippen molar-refractivity contribution in [2.45, 2.75) is 50.4 Å². The van der Waals surface area contributed by atoms with Crippen molar-refractivity contribution in [3.8, 4) is 0 Å². The first-order valence-electron chi connectivity index (χ1n) is 10.2. The van der Waals surface area contributed by atoms with E-state index < -0.39 is 8.07 Å². The summed E-state index contributed by atoms with van der Waals surface area (Å²) in [7, 11) is -1.49. The number of benzene rings is 3. The van der Waals surface area contributed by atoms with Gasteiger partial charge >= 0.3 is 0 Å². The Morgan fingerprint density at radius 3 is 2.50 bits per heavy atom. The minimum atomic E-state index is -1.49. The van der Waals surface area contributed by atoms with E-state index in [0.29, 0.717) is 0 Å². The fourth-order valence-electron chi connectivity index (χ4n) is 6.30.